The third-order valence-electron chi connectivity index (χ3n) is 5.22. The standard InChI is InChI=1S/C25H19IN2O8S/c1-34-17-10-8-16(9-11-17)28-24(30)19(23(29)27-25(28)31)12-15-13-20(26)22(21(14-15)35-2)36-37(32,33)18-6-4-3-5-7-18/h3-14H,1-2H3,(H,27,29,31)/b19-12+. The highest BCUT2D eigenvalue weighted by atomic mass is 127. The highest BCUT2D eigenvalue weighted by Gasteiger charge is 2.37. The number of methoxy groups -OCH3 is 2. The first-order valence-electron chi connectivity index (χ1n) is 10.6. The summed E-state index contributed by atoms with van der Waals surface area (Å²) in [7, 11) is -1.34. The van der Waals surface area contributed by atoms with Gasteiger partial charge in [0.15, 0.2) is 11.5 Å². The zero-order valence-electron chi connectivity index (χ0n) is 19.4. The highest BCUT2D eigenvalue weighted by molar-refractivity contribution is 14.1. The van der Waals surface area contributed by atoms with Crippen LogP contribution < -0.4 is 23.9 Å². The third kappa shape index (κ3) is 5.44. The van der Waals surface area contributed by atoms with E-state index in [0.717, 1.165) is 4.90 Å². The van der Waals surface area contributed by atoms with Crippen LogP contribution >= 0.6 is 22.6 Å². The molecule has 1 saturated heterocycles. The molecule has 0 saturated carbocycles. The molecule has 12 heteroatoms. The fourth-order valence-corrected chi connectivity index (χ4v) is 5.30. The Kier molecular flexibility index (Phi) is 7.50. The maximum absolute atomic E-state index is 13.2. The van der Waals surface area contributed by atoms with Gasteiger partial charge in [0, 0.05) is 0 Å². The zero-order chi connectivity index (χ0) is 26.7. The lowest BCUT2D eigenvalue weighted by Gasteiger charge is -2.26. The molecule has 0 radical (unpaired) electrons. The minimum absolute atomic E-state index is 0.0354. The average molecular weight is 634 g/mol. The third-order valence-corrected chi connectivity index (χ3v) is 7.26. The van der Waals surface area contributed by atoms with E-state index in [9.17, 15) is 22.8 Å². The number of barbiturate groups is 1. The molecule has 0 spiro atoms. The molecule has 3 aromatic rings. The molecule has 4 rings (SSSR count). The van der Waals surface area contributed by atoms with Gasteiger partial charge in [-0.2, -0.15) is 8.42 Å². The van der Waals surface area contributed by atoms with Crippen LogP contribution in [0, 0.1) is 3.57 Å². The summed E-state index contributed by atoms with van der Waals surface area (Å²) in [5, 5.41) is 2.15. The molecule has 0 bridgehead atoms. The van der Waals surface area contributed by atoms with E-state index < -0.39 is 28.0 Å². The Balaban J connectivity index is 1.69. The quantitative estimate of drug-likeness (QED) is 0.180. The number of rotatable bonds is 7. The molecule has 4 amide bonds. The lowest BCUT2D eigenvalue weighted by atomic mass is 10.1. The van der Waals surface area contributed by atoms with Crippen molar-refractivity contribution in [2.75, 3.05) is 19.1 Å². The Bertz CT molecular complexity index is 1520. The SMILES string of the molecule is COc1ccc(N2C(=O)NC(=O)/C(=C\c3cc(I)c(OS(=O)(=O)c4ccccc4)c(OC)c3)C2=O)cc1. The second-order valence-corrected chi connectivity index (χ2v) is 10.2. The molecule has 1 aliphatic rings. The second kappa shape index (κ2) is 10.6. The van der Waals surface area contributed by atoms with E-state index in [1.807, 2.05) is 22.6 Å². The summed E-state index contributed by atoms with van der Waals surface area (Å²) in [6.07, 6.45) is 1.28. The molecule has 0 unspecified atom stereocenters. The van der Waals surface area contributed by atoms with Gasteiger partial charge in [0.05, 0.1) is 23.5 Å². The Morgan fingerprint density at radius 2 is 1.59 bits per heavy atom. The fourth-order valence-electron chi connectivity index (χ4n) is 3.44. The van der Waals surface area contributed by atoms with Crippen LogP contribution in [0.2, 0.25) is 0 Å². The topological polar surface area (TPSA) is 128 Å². The van der Waals surface area contributed by atoms with Gasteiger partial charge in [0.25, 0.3) is 11.8 Å². The van der Waals surface area contributed by atoms with Gasteiger partial charge in [-0.3, -0.25) is 14.9 Å². The van der Waals surface area contributed by atoms with Crippen LogP contribution in [0.25, 0.3) is 6.08 Å². The predicted octanol–water partition coefficient (Wildman–Crippen LogP) is 3.74. The van der Waals surface area contributed by atoms with Crippen molar-refractivity contribution in [1.82, 2.24) is 5.32 Å². The Labute approximate surface area is 226 Å². The number of carbonyl (C=O) groups excluding carboxylic acids is 3. The number of carbonyl (C=O) groups is 3. The largest absolute Gasteiger partial charge is 0.497 e. The maximum atomic E-state index is 13.2. The molecule has 1 fully saturated rings. The van der Waals surface area contributed by atoms with E-state index in [1.165, 1.54) is 56.7 Å². The van der Waals surface area contributed by atoms with Crippen molar-refractivity contribution >= 4 is 62.3 Å². The summed E-state index contributed by atoms with van der Waals surface area (Å²) in [5.41, 5.74) is 0.274. The van der Waals surface area contributed by atoms with E-state index >= 15 is 0 Å². The zero-order valence-corrected chi connectivity index (χ0v) is 22.4. The Morgan fingerprint density at radius 3 is 2.22 bits per heavy atom. The van der Waals surface area contributed by atoms with Gasteiger partial charge in [-0.1, -0.05) is 18.2 Å². The monoisotopic (exact) mass is 634 g/mol. The first-order chi connectivity index (χ1) is 17.6. The number of urea groups is 1. The fraction of sp³-hybridized carbons (Fsp3) is 0.0800. The van der Waals surface area contributed by atoms with Crippen LogP contribution in [-0.2, 0) is 19.7 Å². The number of hydrogen-bond acceptors (Lipinski definition) is 8. The van der Waals surface area contributed by atoms with E-state index in [4.69, 9.17) is 13.7 Å². The normalized spacial score (nSPS) is 14.9. The van der Waals surface area contributed by atoms with E-state index in [-0.39, 0.29) is 27.7 Å². The van der Waals surface area contributed by atoms with Crippen molar-refractivity contribution < 1.29 is 36.5 Å². The first-order valence-corrected chi connectivity index (χ1v) is 13.1. The molecule has 0 aliphatic carbocycles. The van der Waals surface area contributed by atoms with Crippen molar-refractivity contribution in [2.45, 2.75) is 4.90 Å². The van der Waals surface area contributed by atoms with Crippen molar-refractivity contribution in [3.8, 4) is 17.2 Å². The molecular formula is C25H19IN2O8S. The van der Waals surface area contributed by atoms with Gasteiger partial charge in [0.2, 0.25) is 0 Å². The Morgan fingerprint density at radius 1 is 0.919 bits per heavy atom. The summed E-state index contributed by atoms with van der Waals surface area (Å²) in [6, 6.07) is 15.8. The van der Waals surface area contributed by atoms with Crippen LogP contribution in [0.5, 0.6) is 17.2 Å². The number of nitrogens with one attached hydrogen (secondary N) is 1. The predicted molar refractivity (Wildman–Crippen MR) is 142 cm³/mol. The molecule has 1 aliphatic heterocycles. The molecule has 0 atom stereocenters. The molecule has 190 valence electrons. The van der Waals surface area contributed by atoms with Gasteiger partial charge in [-0.25, -0.2) is 9.69 Å². The van der Waals surface area contributed by atoms with Crippen molar-refractivity contribution in [3.63, 3.8) is 0 Å². The lowest BCUT2D eigenvalue weighted by molar-refractivity contribution is -0.122. The number of amides is 4. The number of hydrogen-bond donors (Lipinski definition) is 1. The summed E-state index contributed by atoms with van der Waals surface area (Å²) in [5.74, 6) is -1.17. The van der Waals surface area contributed by atoms with Crippen molar-refractivity contribution in [2.24, 2.45) is 0 Å². The van der Waals surface area contributed by atoms with Gasteiger partial charge >= 0.3 is 16.1 Å². The first kappa shape index (κ1) is 26.2. The van der Waals surface area contributed by atoms with Crippen LogP contribution in [0.15, 0.2) is 77.2 Å². The van der Waals surface area contributed by atoms with Gasteiger partial charge < -0.3 is 13.7 Å². The van der Waals surface area contributed by atoms with Gasteiger partial charge in [-0.15, -0.1) is 0 Å². The minimum atomic E-state index is -4.15. The number of imide groups is 2. The molecule has 10 nitrogen and oxygen atoms in total. The van der Waals surface area contributed by atoms with Gasteiger partial charge in [-0.05, 0) is 82.8 Å². The molecule has 3 aromatic carbocycles. The number of ether oxygens (including phenoxy) is 2. The van der Waals surface area contributed by atoms with Crippen LogP contribution in [0.1, 0.15) is 5.56 Å². The van der Waals surface area contributed by atoms with E-state index in [1.54, 1.807) is 30.3 Å². The molecular weight excluding hydrogens is 615 g/mol. The van der Waals surface area contributed by atoms with Crippen LogP contribution in [0.3, 0.4) is 0 Å². The van der Waals surface area contributed by atoms with E-state index in [0.29, 0.717) is 14.9 Å². The molecule has 1 heterocycles. The summed E-state index contributed by atoms with van der Waals surface area (Å²) in [6.45, 7) is 0. The smallest absolute Gasteiger partial charge is 0.339 e. The minimum Gasteiger partial charge on any atom is -0.497 e. The van der Waals surface area contributed by atoms with Crippen LogP contribution in [0.4, 0.5) is 10.5 Å². The van der Waals surface area contributed by atoms with Crippen molar-refractivity contribution in [1.29, 1.82) is 0 Å². The molecule has 0 aromatic heterocycles. The number of benzene rings is 3. The maximum Gasteiger partial charge on any atom is 0.339 e. The van der Waals surface area contributed by atoms with Crippen molar-refractivity contribution in [3.05, 3.63) is 81.4 Å². The number of anilines is 1. The highest BCUT2D eigenvalue weighted by Crippen LogP contribution is 2.37. The summed E-state index contributed by atoms with van der Waals surface area (Å²) < 4.78 is 41.6. The average Bonchev–Trinajstić information content (AvgIpc) is 2.88. The molecule has 1 N–H and O–H groups in total. The van der Waals surface area contributed by atoms with Gasteiger partial charge in [0.1, 0.15) is 16.2 Å². The Hall–Kier alpha value is -3.91. The van der Waals surface area contributed by atoms with Crippen LogP contribution in [-0.4, -0.2) is 40.5 Å². The van der Waals surface area contributed by atoms with E-state index in [2.05, 4.69) is 5.32 Å². The number of nitrogens with zero attached hydrogens (tertiary/aromatic N) is 1. The lowest BCUT2D eigenvalue weighted by Crippen LogP contribution is -2.54. The summed E-state index contributed by atoms with van der Waals surface area (Å²) in [4.78, 5) is 38.9. The summed E-state index contributed by atoms with van der Waals surface area (Å²) >= 11 is 1.86. The molecule has 37 heavy (non-hydrogen) atoms. The second-order valence-electron chi connectivity index (χ2n) is 7.54. The number of halogens is 1.